The third-order valence-corrected chi connectivity index (χ3v) is 7.07. The van der Waals surface area contributed by atoms with Crippen molar-refractivity contribution in [1.82, 2.24) is 9.62 Å². The molecular formula is C13H16BrFN2O2S. The first-order valence-electron chi connectivity index (χ1n) is 6.59. The van der Waals surface area contributed by atoms with Crippen molar-refractivity contribution in [2.24, 2.45) is 5.41 Å². The molecule has 1 N–H and O–H groups in total. The molecule has 1 aromatic carbocycles. The zero-order valence-corrected chi connectivity index (χ0v) is 13.3. The van der Waals surface area contributed by atoms with Crippen LogP contribution in [0.4, 0.5) is 4.39 Å². The van der Waals surface area contributed by atoms with Crippen molar-refractivity contribution in [2.45, 2.75) is 17.7 Å². The normalized spacial score (nSPS) is 27.5. The van der Waals surface area contributed by atoms with Gasteiger partial charge >= 0.3 is 0 Å². The molecule has 2 aliphatic heterocycles. The van der Waals surface area contributed by atoms with Crippen LogP contribution in [0.5, 0.6) is 0 Å². The molecule has 0 amide bonds. The average molecular weight is 363 g/mol. The van der Waals surface area contributed by atoms with Crippen molar-refractivity contribution < 1.29 is 12.8 Å². The van der Waals surface area contributed by atoms with Gasteiger partial charge in [0.25, 0.3) is 0 Å². The molecule has 1 unspecified atom stereocenters. The van der Waals surface area contributed by atoms with Gasteiger partial charge in [-0.3, -0.25) is 0 Å². The Morgan fingerprint density at radius 1 is 1.35 bits per heavy atom. The summed E-state index contributed by atoms with van der Waals surface area (Å²) in [6, 6.07) is 3.70. The minimum atomic E-state index is -3.56. The summed E-state index contributed by atoms with van der Waals surface area (Å²) in [7, 11) is -3.56. The average Bonchev–Trinajstić information content (AvgIpc) is 3.00. The fraction of sp³-hybridized carbons (Fsp3) is 0.538. The third kappa shape index (κ3) is 2.41. The molecule has 3 rings (SSSR count). The van der Waals surface area contributed by atoms with Crippen molar-refractivity contribution in [2.75, 3.05) is 26.2 Å². The first-order chi connectivity index (χ1) is 9.43. The summed E-state index contributed by atoms with van der Waals surface area (Å²) in [4.78, 5) is 0.141. The maximum Gasteiger partial charge on any atom is 0.244 e. The molecule has 0 aromatic heterocycles. The van der Waals surface area contributed by atoms with Gasteiger partial charge in [0.2, 0.25) is 10.0 Å². The lowest BCUT2D eigenvalue weighted by Gasteiger charge is -2.23. The molecular weight excluding hydrogens is 347 g/mol. The Bertz CT molecular complexity index is 629. The molecule has 20 heavy (non-hydrogen) atoms. The Morgan fingerprint density at radius 3 is 2.80 bits per heavy atom. The van der Waals surface area contributed by atoms with Crippen molar-refractivity contribution in [1.29, 1.82) is 0 Å². The first-order valence-corrected chi connectivity index (χ1v) is 8.82. The van der Waals surface area contributed by atoms with Gasteiger partial charge in [-0.05, 0) is 58.9 Å². The molecule has 0 aliphatic carbocycles. The topological polar surface area (TPSA) is 49.4 Å². The molecule has 2 saturated heterocycles. The van der Waals surface area contributed by atoms with Gasteiger partial charge in [-0.15, -0.1) is 0 Å². The number of sulfonamides is 1. The van der Waals surface area contributed by atoms with Crippen molar-refractivity contribution in [3.8, 4) is 0 Å². The SMILES string of the molecule is O=S(=O)(c1ccc(F)cc1Br)N1CCC2(CCNC2)C1. The summed E-state index contributed by atoms with van der Waals surface area (Å²) in [5, 5.41) is 3.31. The number of nitrogens with zero attached hydrogens (tertiary/aromatic N) is 1. The molecule has 7 heteroatoms. The number of hydrogen-bond acceptors (Lipinski definition) is 3. The van der Waals surface area contributed by atoms with E-state index in [1.54, 1.807) is 0 Å². The fourth-order valence-electron chi connectivity index (χ4n) is 3.07. The Morgan fingerprint density at radius 2 is 2.15 bits per heavy atom. The van der Waals surface area contributed by atoms with Crippen LogP contribution >= 0.6 is 15.9 Å². The highest BCUT2D eigenvalue weighted by Crippen LogP contribution is 2.39. The monoisotopic (exact) mass is 362 g/mol. The summed E-state index contributed by atoms with van der Waals surface area (Å²) < 4.78 is 40.2. The molecule has 1 aromatic rings. The Labute approximate surface area is 126 Å². The summed E-state index contributed by atoms with van der Waals surface area (Å²) in [6.45, 7) is 2.91. The van der Waals surface area contributed by atoms with Crippen LogP contribution in [0.25, 0.3) is 0 Å². The molecule has 2 heterocycles. The molecule has 1 atom stereocenters. The zero-order chi connectivity index (χ0) is 14.4. The van der Waals surface area contributed by atoms with Crippen LogP contribution in [-0.2, 0) is 10.0 Å². The lowest BCUT2D eigenvalue weighted by molar-refractivity contribution is 0.338. The van der Waals surface area contributed by atoms with E-state index in [9.17, 15) is 12.8 Å². The van der Waals surface area contributed by atoms with Crippen molar-refractivity contribution >= 4 is 26.0 Å². The van der Waals surface area contributed by atoms with Crippen LogP contribution < -0.4 is 5.32 Å². The fourth-order valence-corrected chi connectivity index (χ4v) is 5.63. The zero-order valence-electron chi connectivity index (χ0n) is 10.9. The number of benzene rings is 1. The highest BCUT2D eigenvalue weighted by atomic mass is 79.9. The molecule has 1 spiro atoms. The van der Waals surface area contributed by atoms with Gasteiger partial charge < -0.3 is 5.32 Å². The first kappa shape index (κ1) is 14.4. The van der Waals surface area contributed by atoms with Gasteiger partial charge in [0.05, 0.1) is 4.90 Å². The van der Waals surface area contributed by atoms with E-state index in [-0.39, 0.29) is 14.8 Å². The van der Waals surface area contributed by atoms with Crippen LogP contribution in [0, 0.1) is 11.2 Å². The molecule has 4 nitrogen and oxygen atoms in total. The predicted molar refractivity (Wildman–Crippen MR) is 77.4 cm³/mol. The van der Waals surface area contributed by atoms with Gasteiger partial charge in [-0.1, -0.05) is 0 Å². The highest BCUT2D eigenvalue weighted by Gasteiger charge is 2.44. The van der Waals surface area contributed by atoms with Crippen LogP contribution in [0.1, 0.15) is 12.8 Å². The maximum atomic E-state index is 13.1. The van der Waals surface area contributed by atoms with Crippen LogP contribution in [0.2, 0.25) is 0 Å². The van der Waals surface area contributed by atoms with E-state index in [2.05, 4.69) is 21.2 Å². The summed E-state index contributed by atoms with van der Waals surface area (Å²) in [6.07, 6.45) is 1.90. The molecule has 2 aliphatic rings. The minimum absolute atomic E-state index is 0.0829. The second kappa shape index (κ2) is 5.05. The van der Waals surface area contributed by atoms with E-state index in [0.29, 0.717) is 13.1 Å². The number of rotatable bonds is 2. The van der Waals surface area contributed by atoms with Gasteiger partial charge in [-0.25, -0.2) is 12.8 Å². The second-order valence-electron chi connectivity index (χ2n) is 5.59. The molecule has 110 valence electrons. The van der Waals surface area contributed by atoms with Gasteiger partial charge in [-0.2, -0.15) is 4.31 Å². The third-order valence-electron chi connectivity index (χ3n) is 4.25. The highest BCUT2D eigenvalue weighted by molar-refractivity contribution is 9.10. The van der Waals surface area contributed by atoms with Crippen molar-refractivity contribution in [3.63, 3.8) is 0 Å². The lowest BCUT2D eigenvalue weighted by Crippen LogP contribution is -2.33. The lowest BCUT2D eigenvalue weighted by atomic mass is 9.87. The molecule has 2 fully saturated rings. The largest absolute Gasteiger partial charge is 0.316 e. The van der Waals surface area contributed by atoms with Gasteiger partial charge in [0.1, 0.15) is 5.82 Å². The molecule has 0 saturated carbocycles. The maximum absolute atomic E-state index is 13.1. The van der Waals surface area contributed by atoms with Crippen LogP contribution in [0.3, 0.4) is 0 Å². The van der Waals surface area contributed by atoms with Crippen LogP contribution in [-0.4, -0.2) is 38.9 Å². The summed E-state index contributed by atoms with van der Waals surface area (Å²) in [5.74, 6) is -0.450. The van der Waals surface area contributed by atoms with E-state index in [4.69, 9.17) is 0 Å². The number of nitrogens with one attached hydrogen (secondary N) is 1. The van der Waals surface area contributed by atoms with E-state index < -0.39 is 15.8 Å². The quantitative estimate of drug-likeness (QED) is 0.874. The standard InChI is InChI=1S/C13H16BrFN2O2S/c14-11-7-10(15)1-2-12(11)20(18,19)17-6-4-13(9-17)3-5-16-8-13/h1-2,7,16H,3-6,8-9H2. The molecule has 0 bridgehead atoms. The number of hydrogen-bond donors (Lipinski definition) is 1. The Hall–Kier alpha value is -0.500. The van der Waals surface area contributed by atoms with Gasteiger partial charge in [0, 0.05) is 24.1 Å². The Balaban J connectivity index is 1.89. The smallest absolute Gasteiger partial charge is 0.244 e. The second-order valence-corrected chi connectivity index (χ2v) is 8.35. The van der Waals surface area contributed by atoms with E-state index >= 15 is 0 Å². The van der Waals surface area contributed by atoms with Gasteiger partial charge in [0.15, 0.2) is 0 Å². The molecule has 0 radical (unpaired) electrons. The van der Waals surface area contributed by atoms with E-state index in [1.807, 2.05) is 0 Å². The van der Waals surface area contributed by atoms with E-state index in [0.717, 1.165) is 25.9 Å². The van der Waals surface area contributed by atoms with Crippen LogP contribution in [0.15, 0.2) is 27.6 Å². The predicted octanol–water partition coefficient (Wildman–Crippen LogP) is 1.96. The van der Waals surface area contributed by atoms with Crippen molar-refractivity contribution in [3.05, 3.63) is 28.5 Å². The summed E-state index contributed by atoms with van der Waals surface area (Å²) in [5.41, 5.74) is 0.0829. The summed E-state index contributed by atoms with van der Waals surface area (Å²) >= 11 is 3.15. The van der Waals surface area contributed by atoms with E-state index in [1.165, 1.54) is 22.5 Å². The Kier molecular flexibility index (Phi) is 3.64. The number of halogens is 2. The minimum Gasteiger partial charge on any atom is -0.316 e.